The molecule has 0 radical (unpaired) electrons. The highest BCUT2D eigenvalue weighted by atomic mass is 35.5. The lowest BCUT2D eigenvalue weighted by atomic mass is 10.4. The van der Waals surface area contributed by atoms with Gasteiger partial charge in [0, 0.05) is 12.3 Å². The van der Waals surface area contributed by atoms with Gasteiger partial charge in [0.25, 0.3) is 0 Å². The van der Waals surface area contributed by atoms with E-state index in [2.05, 4.69) is 22.0 Å². The maximum atomic E-state index is 11.4. The van der Waals surface area contributed by atoms with Gasteiger partial charge in [0.15, 0.2) is 17.3 Å². The summed E-state index contributed by atoms with van der Waals surface area (Å²) in [7, 11) is 0. The third kappa shape index (κ3) is 3.41. The Kier molecular flexibility index (Phi) is 4.74. The van der Waals surface area contributed by atoms with Crippen molar-refractivity contribution in [2.75, 3.05) is 11.9 Å². The minimum atomic E-state index is -1.25. The SMILES string of the molecule is C=CCOC(=O)Nc1cc(C(=O)O)n(-c2ncccc2Cl)n1. The van der Waals surface area contributed by atoms with Gasteiger partial charge in [-0.3, -0.25) is 5.32 Å². The number of halogens is 1. The first kappa shape index (κ1) is 15.5. The molecule has 0 spiro atoms. The van der Waals surface area contributed by atoms with Gasteiger partial charge in [-0.2, -0.15) is 0 Å². The highest BCUT2D eigenvalue weighted by Crippen LogP contribution is 2.21. The second-order valence-electron chi connectivity index (χ2n) is 3.95. The van der Waals surface area contributed by atoms with Crippen LogP contribution >= 0.6 is 11.6 Å². The number of hydrogen-bond acceptors (Lipinski definition) is 5. The Morgan fingerprint density at radius 1 is 1.55 bits per heavy atom. The zero-order valence-corrected chi connectivity index (χ0v) is 11.9. The van der Waals surface area contributed by atoms with Crippen LogP contribution in [0.2, 0.25) is 5.02 Å². The molecule has 0 aliphatic heterocycles. The van der Waals surface area contributed by atoms with Gasteiger partial charge in [-0.1, -0.05) is 24.3 Å². The van der Waals surface area contributed by atoms with Gasteiger partial charge in [-0.25, -0.2) is 19.3 Å². The first-order valence-electron chi connectivity index (χ1n) is 6.02. The second-order valence-corrected chi connectivity index (χ2v) is 4.36. The van der Waals surface area contributed by atoms with E-state index in [1.54, 1.807) is 12.1 Å². The van der Waals surface area contributed by atoms with Gasteiger partial charge in [-0.05, 0) is 12.1 Å². The van der Waals surface area contributed by atoms with E-state index in [-0.39, 0.29) is 29.0 Å². The monoisotopic (exact) mass is 322 g/mol. The van der Waals surface area contributed by atoms with Crippen LogP contribution in [0.15, 0.2) is 37.1 Å². The van der Waals surface area contributed by atoms with Crippen LogP contribution in [-0.2, 0) is 4.74 Å². The predicted octanol–water partition coefficient (Wildman–Crippen LogP) is 2.35. The van der Waals surface area contributed by atoms with Crippen LogP contribution in [0.3, 0.4) is 0 Å². The summed E-state index contributed by atoms with van der Waals surface area (Å²) in [6.07, 6.45) is 2.06. The molecule has 114 valence electrons. The number of aromatic carboxylic acids is 1. The van der Waals surface area contributed by atoms with Crippen molar-refractivity contribution in [3.63, 3.8) is 0 Å². The first-order chi connectivity index (χ1) is 10.5. The number of amides is 1. The molecule has 0 fully saturated rings. The second kappa shape index (κ2) is 6.72. The summed E-state index contributed by atoms with van der Waals surface area (Å²) in [5, 5.41) is 15.7. The van der Waals surface area contributed by atoms with E-state index >= 15 is 0 Å². The molecule has 0 aliphatic rings. The number of carbonyl (C=O) groups excluding carboxylic acids is 1. The summed E-state index contributed by atoms with van der Waals surface area (Å²) >= 11 is 5.98. The maximum Gasteiger partial charge on any atom is 0.413 e. The number of anilines is 1. The molecule has 1 amide bonds. The van der Waals surface area contributed by atoms with Gasteiger partial charge in [0.2, 0.25) is 0 Å². The topological polar surface area (TPSA) is 106 Å². The Morgan fingerprint density at radius 3 is 2.95 bits per heavy atom. The minimum Gasteiger partial charge on any atom is -0.477 e. The standard InChI is InChI=1S/C13H11ClN4O4/c1-2-6-22-13(21)16-10-7-9(12(19)20)18(17-10)11-8(14)4-3-5-15-11/h2-5,7H,1,6H2,(H,19,20)(H,16,17,21). The molecule has 22 heavy (non-hydrogen) atoms. The summed E-state index contributed by atoms with van der Waals surface area (Å²) < 4.78 is 5.75. The number of nitrogens with one attached hydrogen (secondary N) is 1. The number of ether oxygens (including phenoxy) is 1. The Balaban J connectivity index is 2.34. The molecule has 0 saturated carbocycles. The summed E-state index contributed by atoms with van der Waals surface area (Å²) in [6, 6.07) is 4.31. The van der Waals surface area contributed by atoms with Crippen molar-refractivity contribution in [2.45, 2.75) is 0 Å². The number of carbonyl (C=O) groups is 2. The van der Waals surface area contributed by atoms with Gasteiger partial charge in [0.05, 0.1) is 5.02 Å². The van der Waals surface area contributed by atoms with Gasteiger partial charge in [-0.15, -0.1) is 5.10 Å². The Bertz CT molecular complexity index is 729. The van der Waals surface area contributed by atoms with Crippen molar-refractivity contribution in [3.8, 4) is 5.82 Å². The Hall–Kier alpha value is -2.87. The first-order valence-corrected chi connectivity index (χ1v) is 6.39. The van der Waals surface area contributed by atoms with Crippen LogP contribution in [0, 0.1) is 0 Å². The van der Waals surface area contributed by atoms with Gasteiger partial charge < -0.3 is 9.84 Å². The normalized spacial score (nSPS) is 10.0. The lowest BCUT2D eigenvalue weighted by Gasteiger charge is -2.04. The van der Waals surface area contributed by atoms with E-state index in [1.165, 1.54) is 18.3 Å². The van der Waals surface area contributed by atoms with Gasteiger partial charge >= 0.3 is 12.1 Å². The lowest BCUT2D eigenvalue weighted by Crippen LogP contribution is -2.14. The molecule has 0 aliphatic carbocycles. The van der Waals surface area contributed by atoms with E-state index in [1.807, 2.05) is 0 Å². The molecule has 9 heteroatoms. The molecule has 0 aromatic carbocycles. The van der Waals surface area contributed by atoms with Crippen LogP contribution in [-0.4, -0.2) is 38.5 Å². The van der Waals surface area contributed by atoms with Crippen molar-refractivity contribution in [1.82, 2.24) is 14.8 Å². The molecule has 2 aromatic rings. The van der Waals surface area contributed by atoms with E-state index < -0.39 is 12.1 Å². The fourth-order valence-electron chi connectivity index (χ4n) is 1.56. The molecule has 2 rings (SSSR count). The number of carboxylic acids is 1. The fourth-order valence-corrected chi connectivity index (χ4v) is 1.77. The molecule has 0 unspecified atom stereocenters. The van der Waals surface area contributed by atoms with Crippen LogP contribution in [0.4, 0.5) is 10.6 Å². The van der Waals surface area contributed by atoms with Crippen LogP contribution < -0.4 is 5.32 Å². The zero-order chi connectivity index (χ0) is 16.1. The number of pyridine rings is 1. The quantitative estimate of drug-likeness (QED) is 0.818. The van der Waals surface area contributed by atoms with Crippen molar-refractivity contribution in [3.05, 3.63) is 47.8 Å². The molecule has 2 aromatic heterocycles. The number of aromatic nitrogens is 3. The highest BCUT2D eigenvalue weighted by molar-refractivity contribution is 6.32. The molecule has 0 saturated heterocycles. The molecule has 2 N–H and O–H groups in total. The van der Waals surface area contributed by atoms with Crippen LogP contribution in [0.5, 0.6) is 0 Å². The van der Waals surface area contributed by atoms with Crippen molar-refractivity contribution in [1.29, 1.82) is 0 Å². The van der Waals surface area contributed by atoms with E-state index in [0.29, 0.717) is 0 Å². The molecular weight excluding hydrogens is 312 g/mol. The minimum absolute atomic E-state index is 0.00631. The average Bonchev–Trinajstić information content (AvgIpc) is 2.89. The Labute approximate surface area is 130 Å². The van der Waals surface area contributed by atoms with Gasteiger partial charge in [0.1, 0.15) is 6.61 Å². The number of carboxylic acid groups (broad SMARTS) is 1. The number of nitrogens with zero attached hydrogens (tertiary/aromatic N) is 3. The fraction of sp³-hybridized carbons (Fsp3) is 0.0769. The third-order valence-corrected chi connectivity index (χ3v) is 2.73. The number of rotatable bonds is 5. The highest BCUT2D eigenvalue weighted by Gasteiger charge is 2.19. The largest absolute Gasteiger partial charge is 0.477 e. The Morgan fingerprint density at radius 2 is 2.32 bits per heavy atom. The summed E-state index contributed by atoms with van der Waals surface area (Å²) in [5.74, 6) is -1.12. The maximum absolute atomic E-state index is 11.4. The molecule has 0 atom stereocenters. The lowest BCUT2D eigenvalue weighted by molar-refractivity contribution is 0.0686. The third-order valence-electron chi connectivity index (χ3n) is 2.43. The van der Waals surface area contributed by atoms with E-state index in [4.69, 9.17) is 16.3 Å². The van der Waals surface area contributed by atoms with Crippen molar-refractivity contribution in [2.24, 2.45) is 0 Å². The molecule has 0 bridgehead atoms. The smallest absolute Gasteiger partial charge is 0.413 e. The zero-order valence-electron chi connectivity index (χ0n) is 11.2. The molecule has 8 nitrogen and oxygen atoms in total. The summed E-state index contributed by atoms with van der Waals surface area (Å²) in [4.78, 5) is 26.7. The van der Waals surface area contributed by atoms with Crippen LogP contribution in [0.25, 0.3) is 5.82 Å². The molecular formula is C13H11ClN4O4. The summed E-state index contributed by atoms with van der Waals surface area (Å²) in [6.45, 7) is 3.42. The number of hydrogen-bond donors (Lipinski definition) is 2. The van der Waals surface area contributed by atoms with E-state index in [9.17, 15) is 14.7 Å². The average molecular weight is 323 g/mol. The summed E-state index contributed by atoms with van der Waals surface area (Å²) in [5.41, 5.74) is -0.209. The predicted molar refractivity (Wildman–Crippen MR) is 78.5 cm³/mol. The molecule has 2 heterocycles. The van der Waals surface area contributed by atoms with E-state index in [0.717, 1.165) is 4.68 Å². The van der Waals surface area contributed by atoms with Crippen molar-refractivity contribution >= 4 is 29.5 Å². The van der Waals surface area contributed by atoms with Crippen LogP contribution in [0.1, 0.15) is 10.5 Å². The van der Waals surface area contributed by atoms with Crippen molar-refractivity contribution < 1.29 is 19.4 Å².